The molecule has 4 rings (SSSR count). The SMILES string of the molecule is CC1(C)[C@@H](/C=C(\Cl)c2ccc(Cl)cc2)[C@@H]1C(=O)OC(C#N)c1ccc(F)c(Oc2ccccc2)c1. The van der Waals surface area contributed by atoms with Gasteiger partial charge in [-0.25, -0.2) is 4.39 Å². The quantitative estimate of drug-likeness (QED) is 0.303. The van der Waals surface area contributed by atoms with Gasteiger partial charge in [0.15, 0.2) is 11.6 Å². The van der Waals surface area contributed by atoms with Crippen LogP contribution in [-0.2, 0) is 9.53 Å². The Morgan fingerprint density at radius 2 is 1.80 bits per heavy atom. The lowest BCUT2D eigenvalue weighted by molar-refractivity contribution is -0.149. The number of carbonyl (C=O) groups is 1. The molecule has 0 spiro atoms. The van der Waals surface area contributed by atoms with Gasteiger partial charge in [0.05, 0.1) is 5.92 Å². The first kappa shape index (κ1) is 24.8. The Morgan fingerprint density at radius 1 is 1.11 bits per heavy atom. The summed E-state index contributed by atoms with van der Waals surface area (Å²) >= 11 is 12.4. The molecule has 0 amide bonds. The minimum atomic E-state index is -1.21. The van der Waals surface area contributed by atoms with Crippen molar-refractivity contribution in [2.45, 2.75) is 20.0 Å². The van der Waals surface area contributed by atoms with Gasteiger partial charge in [-0.05, 0) is 53.3 Å². The lowest BCUT2D eigenvalue weighted by Gasteiger charge is -2.14. The van der Waals surface area contributed by atoms with Crippen molar-refractivity contribution in [3.8, 4) is 17.6 Å². The highest BCUT2D eigenvalue weighted by molar-refractivity contribution is 6.48. The number of rotatable bonds is 7. The monoisotopic (exact) mass is 509 g/mol. The van der Waals surface area contributed by atoms with E-state index in [-0.39, 0.29) is 11.7 Å². The minimum absolute atomic E-state index is 0.0627. The maximum Gasteiger partial charge on any atom is 0.311 e. The molecule has 1 unspecified atom stereocenters. The van der Waals surface area contributed by atoms with Crippen LogP contribution in [0.15, 0.2) is 78.9 Å². The second kappa shape index (κ2) is 10.1. The zero-order chi connectivity index (χ0) is 25.2. The van der Waals surface area contributed by atoms with Gasteiger partial charge in [0.25, 0.3) is 0 Å². The summed E-state index contributed by atoms with van der Waals surface area (Å²) in [6, 6.07) is 21.7. The van der Waals surface area contributed by atoms with Crippen molar-refractivity contribution in [2.24, 2.45) is 17.3 Å². The molecule has 0 N–H and O–H groups in total. The van der Waals surface area contributed by atoms with E-state index in [1.54, 1.807) is 48.5 Å². The smallest absolute Gasteiger partial charge is 0.311 e. The lowest BCUT2D eigenvalue weighted by atomic mass is 10.1. The molecular weight excluding hydrogens is 488 g/mol. The van der Waals surface area contributed by atoms with Crippen LogP contribution < -0.4 is 4.74 Å². The van der Waals surface area contributed by atoms with Crippen LogP contribution in [0, 0.1) is 34.4 Å². The first-order valence-corrected chi connectivity index (χ1v) is 11.7. The molecule has 1 fully saturated rings. The van der Waals surface area contributed by atoms with Gasteiger partial charge in [0, 0.05) is 15.6 Å². The number of hydrogen-bond acceptors (Lipinski definition) is 4. The lowest BCUT2D eigenvalue weighted by Crippen LogP contribution is -2.14. The molecule has 0 heterocycles. The second-order valence-electron chi connectivity index (χ2n) is 8.90. The van der Waals surface area contributed by atoms with E-state index in [0.29, 0.717) is 21.4 Å². The van der Waals surface area contributed by atoms with E-state index in [2.05, 4.69) is 0 Å². The summed E-state index contributed by atoms with van der Waals surface area (Å²) in [5.41, 5.74) is 0.713. The second-order valence-corrected chi connectivity index (χ2v) is 9.74. The van der Waals surface area contributed by atoms with E-state index >= 15 is 0 Å². The molecule has 1 aliphatic rings. The Morgan fingerprint density at radius 3 is 2.46 bits per heavy atom. The fourth-order valence-corrected chi connectivity index (χ4v) is 4.42. The summed E-state index contributed by atoms with van der Waals surface area (Å²) in [4.78, 5) is 13.0. The summed E-state index contributed by atoms with van der Waals surface area (Å²) in [7, 11) is 0. The molecule has 3 atom stereocenters. The van der Waals surface area contributed by atoms with Gasteiger partial charge in [0.2, 0.25) is 6.10 Å². The van der Waals surface area contributed by atoms with Gasteiger partial charge >= 0.3 is 5.97 Å². The first-order valence-electron chi connectivity index (χ1n) is 11.0. The Bertz CT molecular complexity index is 1300. The Kier molecular flexibility index (Phi) is 7.16. The van der Waals surface area contributed by atoms with Gasteiger partial charge in [0.1, 0.15) is 11.8 Å². The summed E-state index contributed by atoms with van der Waals surface area (Å²) in [6.07, 6.45) is 0.621. The molecule has 178 valence electrons. The molecule has 0 aliphatic heterocycles. The molecule has 0 bridgehead atoms. The van der Waals surface area contributed by atoms with Gasteiger partial charge in [-0.15, -0.1) is 0 Å². The molecule has 1 aliphatic carbocycles. The zero-order valence-corrected chi connectivity index (χ0v) is 20.6. The molecule has 0 aromatic heterocycles. The standard InChI is InChI=1S/C28H22Cl2FNO3/c1-28(2)21(15-22(30)17-8-11-19(29)12-9-17)26(28)27(33)35-25(16-32)18-10-13-23(31)24(14-18)34-20-6-4-3-5-7-20/h3-15,21,25-26H,1-2H3/b22-15-/t21-,25?,26+/m0/s1. The topological polar surface area (TPSA) is 59.3 Å². The molecule has 0 saturated heterocycles. The Balaban J connectivity index is 1.49. The minimum Gasteiger partial charge on any atom is -0.454 e. The van der Waals surface area contributed by atoms with Gasteiger partial charge in [-0.1, -0.05) is 79.5 Å². The number of para-hydroxylation sites is 1. The van der Waals surface area contributed by atoms with Crippen LogP contribution in [0.25, 0.3) is 5.03 Å². The molecule has 0 radical (unpaired) electrons. The summed E-state index contributed by atoms with van der Waals surface area (Å²) in [6.45, 7) is 3.88. The molecule has 4 nitrogen and oxygen atoms in total. The maximum atomic E-state index is 14.3. The Labute approximate surface area is 213 Å². The summed E-state index contributed by atoms with van der Waals surface area (Å²) in [5.74, 6) is -1.36. The highest BCUT2D eigenvalue weighted by Crippen LogP contribution is 2.60. The molecule has 35 heavy (non-hydrogen) atoms. The molecule has 1 saturated carbocycles. The largest absolute Gasteiger partial charge is 0.454 e. The third kappa shape index (κ3) is 5.51. The third-order valence-electron chi connectivity index (χ3n) is 6.19. The molecular formula is C28H22Cl2FNO3. The predicted molar refractivity (Wildman–Crippen MR) is 133 cm³/mol. The van der Waals surface area contributed by atoms with Crippen molar-refractivity contribution >= 4 is 34.2 Å². The van der Waals surface area contributed by atoms with Crippen LogP contribution in [-0.4, -0.2) is 5.97 Å². The van der Waals surface area contributed by atoms with E-state index in [1.807, 2.05) is 32.1 Å². The van der Waals surface area contributed by atoms with Crippen molar-refractivity contribution in [3.63, 3.8) is 0 Å². The van der Waals surface area contributed by atoms with Crippen molar-refractivity contribution < 1.29 is 18.7 Å². The number of carbonyl (C=O) groups excluding carboxylic acids is 1. The number of benzene rings is 3. The van der Waals surface area contributed by atoms with E-state index in [9.17, 15) is 14.4 Å². The highest BCUT2D eigenvalue weighted by atomic mass is 35.5. The summed E-state index contributed by atoms with van der Waals surface area (Å²) in [5, 5.41) is 10.8. The van der Waals surface area contributed by atoms with Crippen molar-refractivity contribution in [2.75, 3.05) is 0 Å². The van der Waals surface area contributed by atoms with Gasteiger partial charge < -0.3 is 9.47 Å². The number of nitrogens with zero attached hydrogens (tertiary/aromatic N) is 1. The van der Waals surface area contributed by atoms with Crippen molar-refractivity contribution in [1.82, 2.24) is 0 Å². The van der Waals surface area contributed by atoms with E-state index < -0.39 is 29.2 Å². The highest BCUT2D eigenvalue weighted by Gasteiger charge is 2.62. The first-order chi connectivity index (χ1) is 16.7. The number of esters is 1. The van der Waals surface area contributed by atoms with E-state index in [0.717, 1.165) is 5.56 Å². The summed E-state index contributed by atoms with van der Waals surface area (Å²) < 4.78 is 25.5. The van der Waals surface area contributed by atoms with Crippen LogP contribution in [0.2, 0.25) is 5.02 Å². The van der Waals surface area contributed by atoms with Crippen LogP contribution in [0.5, 0.6) is 11.5 Å². The predicted octanol–water partition coefficient (Wildman–Crippen LogP) is 7.93. The van der Waals surface area contributed by atoms with Crippen LogP contribution in [0.3, 0.4) is 0 Å². The van der Waals surface area contributed by atoms with Crippen molar-refractivity contribution in [1.29, 1.82) is 5.26 Å². The van der Waals surface area contributed by atoms with Gasteiger partial charge in [-0.3, -0.25) is 4.79 Å². The normalized spacial score (nSPS) is 19.4. The zero-order valence-electron chi connectivity index (χ0n) is 19.0. The third-order valence-corrected chi connectivity index (χ3v) is 6.79. The van der Waals surface area contributed by atoms with Crippen molar-refractivity contribution in [3.05, 3.63) is 101 Å². The average Bonchev–Trinajstić information content (AvgIpc) is 3.39. The molecule has 3 aromatic rings. The van der Waals surface area contributed by atoms with Gasteiger partial charge in [-0.2, -0.15) is 5.26 Å². The fraction of sp³-hybridized carbons (Fsp3) is 0.214. The number of hydrogen-bond donors (Lipinski definition) is 0. The molecule has 3 aromatic carbocycles. The fourth-order valence-electron chi connectivity index (χ4n) is 4.04. The molecule has 7 heteroatoms. The van der Waals surface area contributed by atoms with Crippen LogP contribution in [0.1, 0.15) is 31.1 Å². The maximum absolute atomic E-state index is 14.3. The van der Waals surface area contributed by atoms with Crippen LogP contribution >= 0.6 is 23.2 Å². The number of nitriles is 1. The Hall–Kier alpha value is -3.33. The van der Waals surface area contributed by atoms with E-state index in [1.165, 1.54) is 18.2 Å². The van der Waals surface area contributed by atoms with Crippen LogP contribution in [0.4, 0.5) is 4.39 Å². The number of allylic oxidation sites excluding steroid dienone is 1. The van der Waals surface area contributed by atoms with E-state index in [4.69, 9.17) is 32.7 Å². The average molecular weight is 510 g/mol. The number of halogens is 3. The number of ether oxygens (including phenoxy) is 2.